The van der Waals surface area contributed by atoms with Crippen molar-refractivity contribution in [2.45, 2.75) is 24.9 Å². The number of ether oxygens (including phenoxy) is 3. The number of fused-ring (bicyclic) bond motifs is 1. The van der Waals surface area contributed by atoms with Crippen molar-refractivity contribution in [3.8, 4) is 0 Å². The number of nitrogens with one attached hydrogen (secondary N) is 1. The smallest absolute Gasteiger partial charge is 0.256 e. The van der Waals surface area contributed by atoms with Gasteiger partial charge < -0.3 is 14.2 Å². The van der Waals surface area contributed by atoms with Gasteiger partial charge in [-0.2, -0.15) is 0 Å². The first-order valence-corrected chi connectivity index (χ1v) is 5.17. The Kier molecular flexibility index (Phi) is 2.19. The fraction of sp³-hybridized carbons (Fsp3) is 0.600. The molecule has 0 aromatic carbocycles. The zero-order chi connectivity index (χ0) is 11.1. The van der Waals surface area contributed by atoms with E-state index in [1.165, 1.54) is 0 Å². The summed E-state index contributed by atoms with van der Waals surface area (Å²) >= 11 is 0. The number of hydrogen-bond donors (Lipinski definition) is 1. The maximum absolute atomic E-state index is 11.3. The molecule has 1 N–H and O–H groups in total. The van der Waals surface area contributed by atoms with Crippen LogP contribution < -0.4 is 5.32 Å². The van der Waals surface area contributed by atoms with Crippen LogP contribution in [-0.4, -0.2) is 36.9 Å². The molecular weight excluding hydrogens is 214 g/mol. The van der Waals surface area contributed by atoms with Crippen molar-refractivity contribution in [1.29, 1.82) is 0 Å². The Morgan fingerprint density at radius 2 is 2.31 bits per heavy atom. The molecule has 16 heavy (non-hydrogen) atoms. The normalized spacial score (nSPS) is 41.0. The second-order valence-corrected chi connectivity index (χ2v) is 4.02. The first-order valence-electron chi connectivity index (χ1n) is 5.17. The van der Waals surface area contributed by atoms with Crippen molar-refractivity contribution < 1.29 is 23.8 Å². The second-order valence-electron chi connectivity index (χ2n) is 4.02. The Hall–Kier alpha value is -1.40. The van der Waals surface area contributed by atoms with Gasteiger partial charge in [-0.1, -0.05) is 0 Å². The summed E-state index contributed by atoms with van der Waals surface area (Å²) in [4.78, 5) is 22.3. The fourth-order valence-electron chi connectivity index (χ4n) is 2.13. The predicted octanol–water partition coefficient (Wildman–Crippen LogP) is -0.697. The molecule has 6 nitrogen and oxygen atoms in total. The summed E-state index contributed by atoms with van der Waals surface area (Å²) in [6.45, 7) is 0.387. The molecule has 86 valence electrons. The van der Waals surface area contributed by atoms with E-state index >= 15 is 0 Å². The minimum atomic E-state index is -0.686. The molecule has 0 aromatic heterocycles. The average molecular weight is 225 g/mol. The van der Waals surface area contributed by atoms with Crippen LogP contribution in [-0.2, 0) is 23.8 Å². The van der Waals surface area contributed by atoms with Crippen LogP contribution in [0.15, 0.2) is 12.3 Å². The molecule has 4 atom stereocenters. The maximum atomic E-state index is 11.3. The first kappa shape index (κ1) is 9.80. The fourth-order valence-corrected chi connectivity index (χ4v) is 2.13. The number of amides is 2. The molecule has 6 heteroatoms. The third-order valence-electron chi connectivity index (χ3n) is 2.95. The third kappa shape index (κ3) is 1.50. The van der Waals surface area contributed by atoms with Gasteiger partial charge in [0.1, 0.15) is 6.10 Å². The van der Waals surface area contributed by atoms with Gasteiger partial charge in [0.2, 0.25) is 12.2 Å². The lowest BCUT2D eigenvalue weighted by atomic mass is 10.1. The van der Waals surface area contributed by atoms with Crippen LogP contribution in [0.1, 0.15) is 6.42 Å². The Morgan fingerprint density at radius 1 is 1.44 bits per heavy atom. The minimum absolute atomic E-state index is 0.0171. The highest BCUT2D eigenvalue weighted by Gasteiger charge is 2.43. The molecule has 0 spiro atoms. The van der Waals surface area contributed by atoms with Gasteiger partial charge in [-0.3, -0.25) is 14.9 Å². The highest BCUT2D eigenvalue weighted by atomic mass is 16.7. The summed E-state index contributed by atoms with van der Waals surface area (Å²) < 4.78 is 16.1. The van der Waals surface area contributed by atoms with Crippen LogP contribution in [0.4, 0.5) is 0 Å². The molecule has 2 fully saturated rings. The van der Waals surface area contributed by atoms with Gasteiger partial charge in [0.15, 0.2) is 0 Å². The topological polar surface area (TPSA) is 73.9 Å². The molecule has 3 heterocycles. The number of carbonyl (C=O) groups excluding carboxylic acids is 2. The summed E-state index contributed by atoms with van der Waals surface area (Å²) in [6.07, 6.45) is 2.32. The van der Waals surface area contributed by atoms with E-state index in [9.17, 15) is 9.59 Å². The number of imide groups is 1. The minimum Gasteiger partial charge on any atom is -0.472 e. The highest BCUT2D eigenvalue weighted by molar-refractivity contribution is 6.04. The Balaban J connectivity index is 1.65. The van der Waals surface area contributed by atoms with E-state index in [-0.39, 0.29) is 36.5 Å². The highest BCUT2D eigenvalue weighted by Crippen LogP contribution is 2.31. The van der Waals surface area contributed by atoms with E-state index in [1.807, 2.05) is 6.08 Å². The van der Waals surface area contributed by atoms with Crippen molar-refractivity contribution in [2.75, 3.05) is 6.61 Å². The van der Waals surface area contributed by atoms with Crippen molar-refractivity contribution in [2.24, 2.45) is 5.92 Å². The largest absolute Gasteiger partial charge is 0.472 e. The molecule has 3 rings (SSSR count). The number of rotatable bonds is 2. The molecule has 0 aromatic rings. The van der Waals surface area contributed by atoms with Crippen molar-refractivity contribution in [3.05, 3.63) is 12.3 Å². The van der Waals surface area contributed by atoms with E-state index in [0.29, 0.717) is 6.61 Å². The summed E-state index contributed by atoms with van der Waals surface area (Å²) in [5.41, 5.74) is 0. The van der Waals surface area contributed by atoms with Gasteiger partial charge in [0, 0.05) is 0 Å². The lowest BCUT2D eigenvalue weighted by molar-refractivity contribution is -0.133. The van der Waals surface area contributed by atoms with Gasteiger partial charge >= 0.3 is 0 Å². The van der Waals surface area contributed by atoms with Crippen molar-refractivity contribution in [1.82, 2.24) is 5.32 Å². The van der Waals surface area contributed by atoms with Crippen LogP contribution in [0.25, 0.3) is 0 Å². The average Bonchev–Trinajstić information content (AvgIpc) is 2.86. The monoisotopic (exact) mass is 225 g/mol. The van der Waals surface area contributed by atoms with Crippen molar-refractivity contribution in [3.63, 3.8) is 0 Å². The number of hydrogen-bond acceptors (Lipinski definition) is 5. The third-order valence-corrected chi connectivity index (χ3v) is 2.95. The molecule has 2 amide bonds. The van der Waals surface area contributed by atoms with Crippen LogP contribution in [0.3, 0.4) is 0 Å². The lowest BCUT2D eigenvalue weighted by Crippen LogP contribution is -2.33. The quantitative estimate of drug-likeness (QED) is 0.629. The molecule has 3 aliphatic heterocycles. The summed E-state index contributed by atoms with van der Waals surface area (Å²) in [5.74, 6) is -0.636. The zero-order valence-corrected chi connectivity index (χ0v) is 8.42. The van der Waals surface area contributed by atoms with Gasteiger partial charge in [-0.05, 0) is 6.08 Å². The van der Waals surface area contributed by atoms with E-state index < -0.39 is 6.10 Å². The van der Waals surface area contributed by atoms with Gasteiger partial charge in [-0.25, -0.2) is 0 Å². The first-order chi connectivity index (χ1) is 7.74. The predicted molar refractivity (Wildman–Crippen MR) is 49.9 cm³/mol. The number of carbonyl (C=O) groups is 2. The zero-order valence-electron chi connectivity index (χ0n) is 8.42. The Labute approximate surface area is 91.5 Å². The standard InChI is InChI=1S/C10H11NO5/c12-8-3-6(9(13)11-8)16-7-4-15-10-5(7)1-2-14-10/h1-2,5-7,10H,3-4H2,(H,11,12,13)/t5-,6?,7-,10-/m0/s1. The molecule has 2 saturated heterocycles. The lowest BCUT2D eigenvalue weighted by Gasteiger charge is -2.17. The van der Waals surface area contributed by atoms with Gasteiger partial charge in [0.25, 0.3) is 5.91 Å². The van der Waals surface area contributed by atoms with E-state index in [4.69, 9.17) is 14.2 Å². The Morgan fingerprint density at radius 3 is 3.06 bits per heavy atom. The van der Waals surface area contributed by atoms with Crippen LogP contribution in [0.2, 0.25) is 0 Å². The molecule has 0 saturated carbocycles. The van der Waals surface area contributed by atoms with Gasteiger partial charge in [-0.15, -0.1) is 0 Å². The molecule has 0 aliphatic carbocycles. The summed E-state index contributed by atoms with van der Waals surface area (Å²) in [5, 5.41) is 2.21. The second kappa shape index (κ2) is 3.57. The molecule has 3 aliphatic rings. The molecule has 1 unspecified atom stereocenters. The van der Waals surface area contributed by atoms with Crippen LogP contribution in [0.5, 0.6) is 0 Å². The molecule has 0 radical (unpaired) electrons. The SMILES string of the molecule is O=C1CC(O[C@H]2CO[C@@H]3OC=C[C@H]32)C(=O)N1. The van der Waals surface area contributed by atoms with Crippen LogP contribution in [0, 0.1) is 5.92 Å². The van der Waals surface area contributed by atoms with Crippen LogP contribution >= 0.6 is 0 Å². The Bertz CT molecular complexity index is 366. The molecule has 0 bridgehead atoms. The summed E-state index contributed by atoms with van der Waals surface area (Å²) in [7, 11) is 0. The van der Waals surface area contributed by atoms with E-state index in [0.717, 1.165) is 0 Å². The molecular formula is C10H11NO5. The summed E-state index contributed by atoms with van der Waals surface area (Å²) in [6, 6.07) is 0. The van der Waals surface area contributed by atoms with Gasteiger partial charge in [0.05, 0.1) is 31.3 Å². The van der Waals surface area contributed by atoms with Crippen molar-refractivity contribution >= 4 is 11.8 Å². The maximum Gasteiger partial charge on any atom is 0.256 e. The van der Waals surface area contributed by atoms with E-state index in [1.54, 1.807) is 6.26 Å². The van der Waals surface area contributed by atoms with E-state index in [2.05, 4.69) is 5.32 Å².